The van der Waals surface area contributed by atoms with Crippen molar-refractivity contribution in [2.45, 2.75) is 44.6 Å². The van der Waals surface area contributed by atoms with Crippen LogP contribution in [0.3, 0.4) is 0 Å². The predicted molar refractivity (Wildman–Crippen MR) is 77.6 cm³/mol. The number of piperidine rings is 1. The van der Waals surface area contributed by atoms with Gasteiger partial charge in [-0.05, 0) is 50.8 Å². The number of hydrogen-bond acceptors (Lipinski definition) is 3. The van der Waals surface area contributed by atoms with Gasteiger partial charge in [0.1, 0.15) is 6.26 Å². The zero-order valence-electron chi connectivity index (χ0n) is 12.0. The Hall–Kier alpha value is -1.29. The topological polar surface area (TPSA) is 45.5 Å². The van der Waals surface area contributed by atoms with Crippen molar-refractivity contribution < 1.29 is 9.21 Å². The molecule has 1 N–H and O–H groups in total. The standard InChI is InChI=1S/C16H24N2O2/c19-16(14-7-11-20-12-14)18-10-3-1-2-4-15(18)13-5-8-17-9-6-13/h7,11-13,15,17H,1-6,8-10H2. The number of amides is 1. The predicted octanol–water partition coefficient (Wildman–Crippen LogP) is 2.66. The van der Waals surface area contributed by atoms with E-state index in [1.807, 2.05) is 0 Å². The van der Waals surface area contributed by atoms with Crippen molar-refractivity contribution in [2.75, 3.05) is 19.6 Å². The molecule has 1 aromatic rings. The Labute approximate surface area is 120 Å². The van der Waals surface area contributed by atoms with Crippen LogP contribution in [0.1, 0.15) is 48.9 Å². The molecule has 2 aliphatic heterocycles. The molecule has 2 saturated heterocycles. The van der Waals surface area contributed by atoms with Crippen molar-refractivity contribution >= 4 is 5.91 Å². The van der Waals surface area contributed by atoms with Crippen LogP contribution in [-0.4, -0.2) is 36.5 Å². The Morgan fingerprint density at radius 1 is 1.20 bits per heavy atom. The Balaban J connectivity index is 1.78. The highest BCUT2D eigenvalue weighted by Crippen LogP contribution is 2.29. The first-order valence-electron chi connectivity index (χ1n) is 7.90. The van der Waals surface area contributed by atoms with Crippen LogP contribution in [0.4, 0.5) is 0 Å². The van der Waals surface area contributed by atoms with E-state index in [0.29, 0.717) is 17.5 Å². The average Bonchev–Trinajstić information content (AvgIpc) is 2.92. The summed E-state index contributed by atoms with van der Waals surface area (Å²) >= 11 is 0. The molecular weight excluding hydrogens is 252 g/mol. The Bertz CT molecular complexity index is 424. The second-order valence-corrected chi connectivity index (χ2v) is 6.01. The van der Waals surface area contributed by atoms with E-state index < -0.39 is 0 Å². The largest absolute Gasteiger partial charge is 0.472 e. The fourth-order valence-electron chi connectivity index (χ4n) is 3.66. The smallest absolute Gasteiger partial charge is 0.257 e. The first kappa shape index (κ1) is 13.7. The first-order chi connectivity index (χ1) is 9.86. The molecule has 0 aromatic carbocycles. The van der Waals surface area contributed by atoms with Crippen LogP contribution in [0.25, 0.3) is 0 Å². The number of carbonyl (C=O) groups excluding carboxylic acids is 1. The number of nitrogens with one attached hydrogen (secondary N) is 1. The van der Waals surface area contributed by atoms with Crippen molar-refractivity contribution in [3.8, 4) is 0 Å². The molecule has 1 amide bonds. The van der Waals surface area contributed by atoms with Crippen molar-refractivity contribution in [1.29, 1.82) is 0 Å². The van der Waals surface area contributed by atoms with E-state index in [0.717, 1.165) is 32.5 Å². The summed E-state index contributed by atoms with van der Waals surface area (Å²) in [5.41, 5.74) is 0.700. The molecule has 3 rings (SSSR count). The molecule has 3 heterocycles. The van der Waals surface area contributed by atoms with E-state index in [1.165, 1.54) is 25.7 Å². The van der Waals surface area contributed by atoms with Crippen LogP contribution in [0.2, 0.25) is 0 Å². The molecule has 0 bridgehead atoms. The van der Waals surface area contributed by atoms with Gasteiger partial charge in [-0.1, -0.05) is 12.8 Å². The van der Waals surface area contributed by atoms with E-state index in [2.05, 4.69) is 10.2 Å². The SMILES string of the molecule is O=C(c1ccoc1)N1CCCCCC1C1CCNCC1. The van der Waals surface area contributed by atoms with E-state index >= 15 is 0 Å². The van der Waals surface area contributed by atoms with Gasteiger partial charge in [0.15, 0.2) is 0 Å². The molecule has 4 nitrogen and oxygen atoms in total. The van der Waals surface area contributed by atoms with Gasteiger partial charge in [-0.25, -0.2) is 0 Å². The summed E-state index contributed by atoms with van der Waals surface area (Å²) in [7, 11) is 0. The molecule has 0 saturated carbocycles. The second kappa shape index (κ2) is 6.44. The maximum atomic E-state index is 12.7. The minimum absolute atomic E-state index is 0.157. The van der Waals surface area contributed by atoms with Crippen LogP contribution in [-0.2, 0) is 0 Å². The lowest BCUT2D eigenvalue weighted by Crippen LogP contribution is -2.47. The number of likely N-dealkylation sites (tertiary alicyclic amines) is 1. The number of nitrogens with zero attached hydrogens (tertiary/aromatic N) is 1. The zero-order valence-corrected chi connectivity index (χ0v) is 12.0. The van der Waals surface area contributed by atoms with Crippen molar-refractivity contribution in [1.82, 2.24) is 10.2 Å². The lowest BCUT2D eigenvalue weighted by molar-refractivity contribution is 0.0581. The lowest BCUT2D eigenvalue weighted by Gasteiger charge is -2.38. The molecule has 2 fully saturated rings. The van der Waals surface area contributed by atoms with Crippen LogP contribution in [0, 0.1) is 5.92 Å². The van der Waals surface area contributed by atoms with Crippen LogP contribution in [0.5, 0.6) is 0 Å². The van der Waals surface area contributed by atoms with Crippen LogP contribution in [0.15, 0.2) is 23.0 Å². The maximum absolute atomic E-state index is 12.7. The highest BCUT2D eigenvalue weighted by molar-refractivity contribution is 5.94. The van der Waals surface area contributed by atoms with Gasteiger partial charge >= 0.3 is 0 Å². The summed E-state index contributed by atoms with van der Waals surface area (Å²) in [5, 5.41) is 3.42. The third-order valence-corrected chi connectivity index (χ3v) is 4.76. The molecule has 0 aliphatic carbocycles. The van der Waals surface area contributed by atoms with E-state index in [1.54, 1.807) is 18.6 Å². The van der Waals surface area contributed by atoms with E-state index in [9.17, 15) is 4.79 Å². The fraction of sp³-hybridized carbons (Fsp3) is 0.688. The first-order valence-corrected chi connectivity index (χ1v) is 7.90. The van der Waals surface area contributed by atoms with Crippen molar-refractivity contribution in [3.63, 3.8) is 0 Å². The summed E-state index contributed by atoms with van der Waals surface area (Å²) in [4.78, 5) is 14.8. The van der Waals surface area contributed by atoms with Gasteiger partial charge in [-0.15, -0.1) is 0 Å². The number of hydrogen-bond donors (Lipinski definition) is 1. The zero-order chi connectivity index (χ0) is 13.8. The monoisotopic (exact) mass is 276 g/mol. The average molecular weight is 276 g/mol. The molecule has 1 aromatic heterocycles. The van der Waals surface area contributed by atoms with E-state index in [4.69, 9.17) is 4.42 Å². The molecule has 0 radical (unpaired) electrons. The minimum atomic E-state index is 0.157. The Morgan fingerprint density at radius 2 is 2.05 bits per heavy atom. The number of carbonyl (C=O) groups is 1. The molecule has 2 aliphatic rings. The second-order valence-electron chi connectivity index (χ2n) is 6.01. The van der Waals surface area contributed by atoms with Gasteiger partial charge in [-0.3, -0.25) is 4.79 Å². The van der Waals surface area contributed by atoms with Gasteiger partial charge in [0.2, 0.25) is 0 Å². The molecule has 1 unspecified atom stereocenters. The number of furan rings is 1. The van der Waals surface area contributed by atoms with Crippen LogP contribution < -0.4 is 5.32 Å². The molecule has 110 valence electrons. The third-order valence-electron chi connectivity index (χ3n) is 4.76. The summed E-state index contributed by atoms with van der Waals surface area (Å²) in [6.45, 7) is 3.09. The number of rotatable bonds is 2. The van der Waals surface area contributed by atoms with E-state index in [-0.39, 0.29) is 5.91 Å². The Morgan fingerprint density at radius 3 is 2.80 bits per heavy atom. The maximum Gasteiger partial charge on any atom is 0.257 e. The summed E-state index contributed by atoms with van der Waals surface area (Å²) in [6.07, 6.45) is 10.3. The summed E-state index contributed by atoms with van der Waals surface area (Å²) < 4.78 is 5.08. The molecule has 1 atom stereocenters. The van der Waals surface area contributed by atoms with Gasteiger partial charge in [0.05, 0.1) is 11.8 Å². The van der Waals surface area contributed by atoms with Crippen molar-refractivity contribution in [2.24, 2.45) is 5.92 Å². The van der Waals surface area contributed by atoms with Crippen molar-refractivity contribution in [3.05, 3.63) is 24.2 Å². The highest BCUT2D eigenvalue weighted by Gasteiger charge is 2.33. The molecule has 4 heteroatoms. The molecule has 0 spiro atoms. The highest BCUT2D eigenvalue weighted by atomic mass is 16.3. The van der Waals surface area contributed by atoms with Gasteiger partial charge in [-0.2, -0.15) is 0 Å². The Kier molecular flexibility index (Phi) is 4.41. The quantitative estimate of drug-likeness (QED) is 0.903. The normalized spacial score (nSPS) is 25.4. The van der Waals surface area contributed by atoms with Gasteiger partial charge in [0, 0.05) is 12.6 Å². The lowest BCUT2D eigenvalue weighted by atomic mass is 9.86. The molecule has 20 heavy (non-hydrogen) atoms. The summed E-state index contributed by atoms with van der Waals surface area (Å²) in [6, 6.07) is 2.20. The summed E-state index contributed by atoms with van der Waals surface area (Å²) in [5.74, 6) is 0.814. The van der Waals surface area contributed by atoms with Gasteiger partial charge in [0.25, 0.3) is 5.91 Å². The molecular formula is C16H24N2O2. The fourth-order valence-corrected chi connectivity index (χ4v) is 3.66. The minimum Gasteiger partial charge on any atom is -0.472 e. The third kappa shape index (κ3) is 2.90. The van der Waals surface area contributed by atoms with Gasteiger partial charge < -0.3 is 14.6 Å². The van der Waals surface area contributed by atoms with Crippen LogP contribution >= 0.6 is 0 Å².